The molecule has 0 aliphatic carbocycles. The van der Waals surface area contributed by atoms with Crippen molar-refractivity contribution < 1.29 is 18.7 Å². The van der Waals surface area contributed by atoms with Gasteiger partial charge in [-0.25, -0.2) is 4.39 Å². The van der Waals surface area contributed by atoms with E-state index in [0.29, 0.717) is 25.1 Å². The van der Waals surface area contributed by atoms with Gasteiger partial charge in [0.05, 0.1) is 19.0 Å². The summed E-state index contributed by atoms with van der Waals surface area (Å²) in [6.45, 7) is 4.28. The number of benzene rings is 1. The van der Waals surface area contributed by atoms with Crippen molar-refractivity contribution in [2.75, 3.05) is 19.7 Å². The Balaban J connectivity index is 1.45. The Morgan fingerprint density at radius 1 is 1.33 bits per heavy atom. The van der Waals surface area contributed by atoms with Crippen LogP contribution in [0, 0.1) is 5.82 Å². The van der Waals surface area contributed by atoms with Crippen LogP contribution in [-0.2, 0) is 11.3 Å². The number of rotatable bonds is 7. The van der Waals surface area contributed by atoms with Crippen LogP contribution in [0.15, 0.2) is 47.1 Å². The molecule has 1 saturated heterocycles. The minimum Gasteiger partial charge on any atom is -0.467 e. The molecular formula is C19H24FNO3. The highest BCUT2D eigenvalue weighted by Gasteiger charge is 2.31. The van der Waals surface area contributed by atoms with Crippen molar-refractivity contribution in [2.45, 2.75) is 38.0 Å². The van der Waals surface area contributed by atoms with Crippen LogP contribution < -0.4 is 0 Å². The van der Waals surface area contributed by atoms with Crippen molar-refractivity contribution in [3.63, 3.8) is 0 Å². The van der Waals surface area contributed by atoms with Crippen LogP contribution in [0.25, 0.3) is 0 Å². The van der Waals surface area contributed by atoms with E-state index in [1.165, 1.54) is 12.1 Å². The van der Waals surface area contributed by atoms with Crippen molar-refractivity contribution in [1.29, 1.82) is 0 Å². The number of halogens is 1. The van der Waals surface area contributed by atoms with E-state index < -0.39 is 6.10 Å². The first-order chi connectivity index (χ1) is 11.6. The summed E-state index contributed by atoms with van der Waals surface area (Å²) in [6.07, 6.45) is 2.09. The fourth-order valence-electron chi connectivity index (χ4n) is 3.34. The molecule has 3 atom stereocenters. The molecule has 2 aromatic rings. The maximum atomic E-state index is 13.1. The first-order valence-corrected chi connectivity index (χ1v) is 8.39. The number of furan rings is 1. The van der Waals surface area contributed by atoms with Gasteiger partial charge in [0.2, 0.25) is 0 Å². The highest BCUT2D eigenvalue weighted by atomic mass is 19.1. The third-order valence-electron chi connectivity index (χ3n) is 4.63. The molecule has 1 aromatic carbocycles. The minimum atomic E-state index is -0.533. The first-order valence-electron chi connectivity index (χ1n) is 8.39. The van der Waals surface area contributed by atoms with Crippen LogP contribution in [0.2, 0.25) is 0 Å². The summed E-state index contributed by atoms with van der Waals surface area (Å²) in [5.74, 6) is 0.940. The monoisotopic (exact) mass is 333 g/mol. The van der Waals surface area contributed by atoms with E-state index in [-0.39, 0.29) is 12.4 Å². The van der Waals surface area contributed by atoms with Crippen LogP contribution in [0.1, 0.15) is 30.6 Å². The zero-order valence-electron chi connectivity index (χ0n) is 13.9. The Morgan fingerprint density at radius 3 is 2.83 bits per heavy atom. The standard InChI is InChI=1S/C19H24FNO3/c1-14-9-16(15-4-6-17(20)7-5-15)10-21(14)11-18(22)12-23-13-19-3-2-8-24-19/h2-8,14,16,18,22H,9-13H2,1H3. The van der Waals surface area contributed by atoms with Gasteiger partial charge >= 0.3 is 0 Å². The number of nitrogens with zero attached hydrogens (tertiary/aromatic N) is 1. The maximum Gasteiger partial charge on any atom is 0.129 e. The average Bonchev–Trinajstić information content (AvgIpc) is 3.19. The Morgan fingerprint density at radius 2 is 2.12 bits per heavy atom. The van der Waals surface area contributed by atoms with Gasteiger partial charge in [-0.1, -0.05) is 12.1 Å². The normalized spacial score (nSPS) is 22.8. The van der Waals surface area contributed by atoms with Crippen LogP contribution >= 0.6 is 0 Å². The number of hydrogen-bond donors (Lipinski definition) is 1. The molecule has 3 unspecified atom stereocenters. The maximum absolute atomic E-state index is 13.1. The van der Waals surface area contributed by atoms with E-state index in [9.17, 15) is 9.50 Å². The second kappa shape index (κ2) is 7.92. The second-order valence-electron chi connectivity index (χ2n) is 6.54. The Kier molecular flexibility index (Phi) is 5.66. The number of aliphatic hydroxyl groups excluding tert-OH is 1. The highest BCUT2D eigenvalue weighted by molar-refractivity contribution is 5.22. The molecule has 3 rings (SSSR count). The van der Waals surface area contributed by atoms with Crippen molar-refractivity contribution in [3.05, 3.63) is 59.8 Å². The van der Waals surface area contributed by atoms with Crippen LogP contribution in [0.5, 0.6) is 0 Å². The molecule has 24 heavy (non-hydrogen) atoms. The Bertz CT molecular complexity index is 614. The molecule has 1 aliphatic heterocycles. The minimum absolute atomic E-state index is 0.203. The fourth-order valence-corrected chi connectivity index (χ4v) is 3.34. The number of hydrogen-bond acceptors (Lipinski definition) is 4. The smallest absolute Gasteiger partial charge is 0.129 e. The molecule has 0 bridgehead atoms. The van der Waals surface area contributed by atoms with E-state index in [0.717, 1.165) is 24.3 Å². The predicted molar refractivity (Wildman–Crippen MR) is 89.2 cm³/mol. The number of likely N-dealkylation sites (tertiary alicyclic amines) is 1. The third kappa shape index (κ3) is 4.44. The van der Waals surface area contributed by atoms with Crippen LogP contribution in [-0.4, -0.2) is 41.8 Å². The summed E-state index contributed by atoms with van der Waals surface area (Å²) in [4.78, 5) is 2.27. The van der Waals surface area contributed by atoms with Gasteiger partial charge in [-0.3, -0.25) is 4.90 Å². The summed E-state index contributed by atoms with van der Waals surface area (Å²) in [6, 6.07) is 10.8. The lowest BCUT2D eigenvalue weighted by atomic mass is 9.97. The zero-order valence-corrected chi connectivity index (χ0v) is 13.9. The summed E-state index contributed by atoms with van der Waals surface area (Å²) in [5, 5.41) is 10.2. The lowest BCUT2D eigenvalue weighted by Gasteiger charge is -2.24. The van der Waals surface area contributed by atoms with Gasteiger partial charge in [-0.15, -0.1) is 0 Å². The van der Waals surface area contributed by atoms with Crippen molar-refractivity contribution in [3.8, 4) is 0 Å². The fraction of sp³-hybridized carbons (Fsp3) is 0.474. The van der Waals surface area contributed by atoms with Gasteiger partial charge in [0.1, 0.15) is 18.2 Å². The molecule has 1 N–H and O–H groups in total. The van der Waals surface area contributed by atoms with Crippen LogP contribution in [0.4, 0.5) is 4.39 Å². The zero-order chi connectivity index (χ0) is 16.9. The molecule has 0 amide bonds. The van der Waals surface area contributed by atoms with E-state index in [1.54, 1.807) is 6.26 Å². The van der Waals surface area contributed by atoms with Gasteiger partial charge < -0.3 is 14.3 Å². The third-order valence-corrected chi connectivity index (χ3v) is 4.63. The lowest BCUT2D eigenvalue weighted by Crippen LogP contribution is -2.37. The summed E-state index contributed by atoms with van der Waals surface area (Å²) >= 11 is 0. The molecule has 5 heteroatoms. The van der Waals surface area contributed by atoms with Gasteiger partial charge in [0.15, 0.2) is 0 Å². The molecule has 130 valence electrons. The largest absolute Gasteiger partial charge is 0.467 e. The van der Waals surface area contributed by atoms with Crippen molar-refractivity contribution in [2.24, 2.45) is 0 Å². The molecule has 0 saturated carbocycles. The average molecular weight is 333 g/mol. The SMILES string of the molecule is CC1CC(c2ccc(F)cc2)CN1CC(O)COCc1ccco1. The van der Waals surface area contributed by atoms with E-state index >= 15 is 0 Å². The summed E-state index contributed by atoms with van der Waals surface area (Å²) in [7, 11) is 0. The number of aliphatic hydroxyl groups is 1. The molecule has 0 radical (unpaired) electrons. The van der Waals surface area contributed by atoms with E-state index in [2.05, 4.69) is 11.8 Å². The number of ether oxygens (including phenoxy) is 1. The Hall–Kier alpha value is -1.69. The quantitative estimate of drug-likeness (QED) is 0.845. The predicted octanol–water partition coefficient (Wildman–Crippen LogP) is 3.17. The van der Waals surface area contributed by atoms with E-state index in [1.807, 2.05) is 24.3 Å². The Labute approximate surface area is 141 Å². The van der Waals surface area contributed by atoms with Gasteiger partial charge in [-0.05, 0) is 49.1 Å². The topological polar surface area (TPSA) is 45.8 Å². The molecular weight excluding hydrogens is 309 g/mol. The molecule has 1 fully saturated rings. The van der Waals surface area contributed by atoms with Crippen LogP contribution in [0.3, 0.4) is 0 Å². The highest BCUT2D eigenvalue weighted by Crippen LogP contribution is 2.31. The summed E-state index contributed by atoms with van der Waals surface area (Å²) in [5.41, 5.74) is 1.16. The molecule has 1 aliphatic rings. The molecule has 1 aromatic heterocycles. The van der Waals surface area contributed by atoms with E-state index in [4.69, 9.17) is 9.15 Å². The van der Waals surface area contributed by atoms with Gasteiger partial charge in [0.25, 0.3) is 0 Å². The molecule has 0 spiro atoms. The second-order valence-corrected chi connectivity index (χ2v) is 6.54. The number of β-amino-alcohol motifs (C(OH)–C–C–N with tert-alkyl or cyclic N) is 1. The van der Waals surface area contributed by atoms with Gasteiger partial charge in [-0.2, -0.15) is 0 Å². The van der Waals surface area contributed by atoms with Crippen molar-refractivity contribution >= 4 is 0 Å². The first kappa shape index (κ1) is 17.1. The molecule has 2 heterocycles. The lowest BCUT2D eigenvalue weighted by molar-refractivity contribution is 0.00402. The van der Waals surface area contributed by atoms with Crippen molar-refractivity contribution in [1.82, 2.24) is 4.90 Å². The van der Waals surface area contributed by atoms with Gasteiger partial charge in [0, 0.05) is 19.1 Å². The molecule has 4 nitrogen and oxygen atoms in total. The summed E-state index contributed by atoms with van der Waals surface area (Å²) < 4.78 is 23.7.